The van der Waals surface area contributed by atoms with Crippen molar-refractivity contribution in [1.29, 1.82) is 0 Å². The number of para-hydroxylation sites is 1. The van der Waals surface area contributed by atoms with Gasteiger partial charge in [-0.1, -0.05) is 23.5 Å². The molecule has 128 valence electrons. The molecule has 0 fully saturated rings. The number of thiocarbonyl (C=S) groups is 1. The first-order valence-electron chi connectivity index (χ1n) is 7.30. The van der Waals surface area contributed by atoms with Gasteiger partial charge in [0, 0.05) is 5.56 Å². The third kappa shape index (κ3) is 3.86. The Hall–Kier alpha value is -2.71. The number of rotatable bonds is 4. The van der Waals surface area contributed by atoms with E-state index in [-0.39, 0.29) is 11.0 Å². The van der Waals surface area contributed by atoms with Crippen LogP contribution in [-0.2, 0) is 0 Å². The Bertz CT molecular complexity index is 907. The largest absolute Gasteiger partial charge is 0.493 e. The highest BCUT2D eigenvalue weighted by atomic mass is 32.1. The van der Waals surface area contributed by atoms with Gasteiger partial charge in [0.2, 0.25) is 0 Å². The fraction of sp³-hybridized carbons (Fsp3) is 0.118. The van der Waals surface area contributed by atoms with Crippen LogP contribution in [-0.4, -0.2) is 30.2 Å². The first-order chi connectivity index (χ1) is 12.1. The molecule has 0 atom stereocenters. The molecule has 0 saturated heterocycles. The monoisotopic (exact) mass is 373 g/mol. The number of hydrogen-bond donors (Lipinski definition) is 2. The number of thiazole rings is 1. The van der Waals surface area contributed by atoms with E-state index in [1.54, 1.807) is 18.2 Å². The number of hydrogen-bond acceptors (Lipinski definition) is 6. The van der Waals surface area contributed by atoms with Gasteiger partial charge in [-0.05, 0) is 42.5 Å². The first kappa shape index (κ1) is 17.1. The van der Waals surface area contributed by atoms with Crippen molar-refractivity contribution in [3.63, 3.8) is 0 Å². The number of benzene rings is 2. The quantitative estimate of drug-likeness (QED) is 0.683. The van der Waals surface area contributed by atoms with Crippen LogP contribution in [0.4, 0.5) is 5.13 Å². The third-order valence-corrected chi connectivity index (χ3v) is 4.54. The van der Waals surface area contributed by atoms with E-state index in [0.717, 1.165) is 10.2 Å². The van der Waals surface area contributed by atoms with Crippen LogP contribution in [0.15, 0.2) is 42.5 Å². The summed E-state index contributed by atoms with van der Waals surface area (Å²) in [4.78, 5) is 16.7. The number of carbonyl (C=O) groups excluding carboxylic acids is 1. The van der Waals surface area contributed by atoms with E-state index < -0.39 is 0 Å². The SMILES string of the molecule is COc1ccc(C(=O)NC(=S)Nc2nc3ccccc3s2)cc1OC. The molecule has 0 aliphatic rings. The topological polar surface area (TPSA) is 72.5 Å². The molecule has 6 nitrogen and oxygen atoms in total. The highest BCUT2D eigenvalue weighted by molar-refractivity contribution is 7.80. The maximum atomic E-state index is 12.3. The number of amides is 1. The number of anilines is 1. The maximum absolute atomic E-state index is 12.3. The first-order valence-corrected chi connectivity index (χ1v) is 8.53. The van der Waals surface area contributed by atoms with Crippen LogP contribution in [0.1, 0.15) is 10.4 Å². The predicted molar refractivity (Wildman–Crippen MR) is 103 cm³/mol. The molecule has 1 aromatic heterocycles. The van der Waals surface area contributed by atoms with Crippen LogP contribution in [0.3, 0.4) is 0 Å². The van der Waals surface area contributed by atoms with E-state index in [1.165, 1.54) is 25.6 Å². The summed E-state index contributed by atoms with van der Waals surface area (Å²) in [5.74, 6) is 0.675. The van der Waals surface area contributed by atoms with Crippen LogP contribution >= 0.6 is 23.6 Å². The number of aromatic nitrogens is 1. The summed E-state index contributed by atoms with van der Waals surface area (Å²) in [7, 11) is 3.05. The highest BCUT2D eigenvalue weighted by Crippen LogP contribution is 2.28. The number of fused-ring (bicyclic) bond motifs is 1. The molecule has 0 saturated carbocycles. The fourth-order valence-corrected chi connectivity index (χ4v) is 3.33. The summed E-state index contributed by atoms with van der Waals surface area (Å²) >= 11 is 6.66. The predicted octanol–water partition coefficient (Wildman–Crippen LogP) is 3.44. The molecule has 3 rings (SSSR count). The fourth-order valence-electron chi connectivity index (χ4n) is 2.21. The van der Waals surface area contributed by atoms with Gasteiger partial charge in [0.15, 0.2) is 21.7 Å². The van der Waals surface area contributed by atoms with Gasteiger partial charge in [0.1, 0.15) is 0 Å². The molecule has 1 heterocycles. The zero-order valence-electron chi connectivity index (χ0n) is 13.5. The minimum absolute atomic E-state index is 0.179. The molecule has 0 bridgehead atoms. The molecular formula is C17H15N3O3S2. The van der Waals surface area contributed by atoms with Crippen molar-refractivity contribution in [3.8, 4) is 11.5 Å². The summed E-state index contributed by atoms with van der Waals surface area (Å²) in [5, 5.41) is 6.37. The lowest BCUT2D eigenvalue weighted by molar-refractivity contribution is 0.0977. The molecule has 0 radical (unpaired) electrons. The van der Waals surface area contributed by atoms with Crippen molar-refractivity contribution >= 4 is 49.9 Å². The van der Waals surface area contributed by atoms with E-state index in [9.17, 15) is 4.79 Å². The van der Waals surface area contributed by atoms with Gasteiger partial charge >= 0.3 is 0 Å². The van der Waals surface area contributed by atoms with Crippen LogP contribution < -0.4 is 20.1 Å². The molecule has 0 spiro atoms. The second-order valence-electron chi connectivity index (χ2n) is 4.96. The zero-order valence-corrected chi connectivity index (χ0v) is 15.2. The van der Waals surface area contributed by atoms with E-state index in [1.807, 2.05) is 24.3 Å². The lowest BCUT2D eigenvalue weighted by atomic mass is 10.2. The Balaban J connectivity index is 1.69. The number of ether oxygens (including phenoxy) is 2. The third-order valence-electron chi connectivity index (χ3n) is 3.39. The van der Waals surface area contributed by atoms with E-state index >= 15 is 0 Å². The Morgan fingerprint density at radius 2 is 1.88 bits per heavy atom. The minimum Gasteiger partial charge on any atom is -0.493 e. The average molecular weight is 373 g/mol. The van der Waals surface area contributed by atoms with Crippen LogP contribution in [0.5, 0.6) is 11.5 Å². The van der Waals surface area contributed by atoms with Gasteiger partial charge in [-0.25, -0.2) is 4.98 Å². The Kier molecular flexibility index (Phi) is 5.11. The van der Waals surface area contributed by atoms with Gasteiger partial charge in [0.25, 0.3) is 5.91 Å². The number of methoxy groups -OCH3 is 2. The smallest absolute Gasteiger partial charge is 0.257 e. The van der Waals surface area contributed by atoms with Gasteiger partial charge in [-0.15, -0.1) is 0 Å². The van der Waals surface area contributed by atoms with Gasteiger partial charge in [-0.2, -0.15) is 0 Å². The molecule has 2 N–H and O–H groups in total. The minimum atomic E-state index is -0.348. The van der Waals surface area contributed by atoms with E-state index in [2.05, 4.69) is 15.6 Å². The van der Waals surface area contributed by atoms with Crippen LogP contribution in [0, 0.1) is 0 Å². The molecule has 1 amide bonds. The highest BCUT2D eigenvalue weighted by Gasteiger charge is 2.13. The molecule has 25 heavy (non-hydrogen) atoms. The Labute approximate surface area is 153 Å². The van der Waals surface area contributed by atoms with Crippen molar-refractivity contribution in [2.24, 2.45) is 0 Å². The zero-order chi connectivity index (χ0) is 17.8. The standard InChI is InChI=1S/C17H15N3O3S2/c1-22-12-8-7-10(9-13(12)23-2)15(21)19-16(24)20-17-18-11-5-3-4-6-14(11)25-17/h3-9H,1-2H3,(H2,18,19,20,21,24). The second-order valence-corrected chi connectivity index (χ2v) is 6.40. The lowest BCUT2D eigenvalue weighted by Crippen LogP contribution is -2.34. The molecular weight excluding hydrogens is 358 g/mol. The Morgan fingerprint density at radius 1 is 1.12 bits per heavy atom. The number of nitrogens with one attached hydrogen (secondary N) is 2. The molecule has 0 unspecified atom stereocenters. The van der Waals surface area contributed by atoms with Crippen LogP contribution in [0.2, 0.25) is 0 Å². The van der Waals surface area contributed by atoms with Crippen molar-refractivity contribution in [1.82, 2.24) is 10.3 Å². The second kappa shape index (κ2) is 7.45. The summed E-state index contributed by atoms with van der Waals surface area (Å²) in [6.07, 6.45) is 0. The average Bonchev–Trinajstić information content (AvgIpc) is 3.02. The number of nitrogens with zero attached hydrogens (tertiary/aromatic N) is 1. The van der Waals surface area contributed by atoms with E-state index in [0.29, 0.717) is 22.2 Å². The maximum Gasteiger partial charge on any atom is 0.257 e. The molecule has 0 aliphatic carbocycles. The summed E-state index contributed by atoms with van der Waals surface area (Å²) in [5.41, 5.74) is 1.29. The van der Waals surface area contributed by atoms with Gasteiger partial charge in [0.05, 0.1) is 24.4 Å². The normalized spacial score (nSPS) is 10.3. The van der Waals surface area contributed by atoms with Gasteiger partial charge in [-0.3, -0.25) is 10.1 Å². The summed E-state index contributed by atoms with van der Waals surface area (Å²) in [6.45, 7) is 0. The summed E-state index contributed by atoms with van der Waals surface area (Å²) in [6, 6.07) is 12.7. The lowest BCUT2D eigenvalue weighted by Gasteiger charge is -2.10. The van der Waals surface area contributed by atoms with E-state index in [4.69, 9.17) is 21.7 Å². The molecule has 3 aromatic rings. The van der Waals surface area contributed by atoms with Crippen molar-refractivity contribution < 1.29 is 14.3 Å². The number of carbonyl (C=O) groups is 1. The van der Waals surface area contributed by atoms with Crippen molar-refractivity contribution in [2.45, 2.75) is 0 Å². The van der Waals surface area contributed by atoms with Crippen molar-refractivity contribution in [2.75, 3.05) is 19.5 Å². The summed E-state index contributed by atoms with van der Waals surface area (Å²) < 4.78 is 11.4. The Morgan fingerprint density at radius 3 is 2.60 bits per heavy atom. The van der Waals surface area contributed by atoms with Crippen molar-refractivity contribution in [3.05, 3.63) is 48.0 Å². The molecule has 2 aromatic carbocycles. The molecule has 0 aliphatic heterocycles. The molecule has 8 heteroatoms. The van der Waals surface area contributed by atoms with Gasteiger partial charge < -0.3 is 14.8 Å². The van der Waals surface area contributed by atoms with Crippen LogP contribution in [0.25, 0.3) is 10.2 Å².